The largest absolute Gasteiger partial charge is 0.338 e. The Labute approximate surface area is 104 Å². The van der Waals surface area contributed by atoms with Gasteiger partial charge in [0.25, 0.3) is 0 Å². The van der Waals surface area contributed by atoms with Crippen molar-refractivity contribution in [3.63, 3.8) is 0 Å². The fourth-order valence-corrected chi connectivity index (χ4v) is 2.45. The van der Waals surface area contributed by atoms with Crippen LogP contribution in [0.3, 0.4) is 0 Å². The minimum atomic E-state index is -0.164. The normalized spacial score (nSPS) is 12.8. The Morgan fingerprint density at radius 3 is 2.00 bits per heavy atom. The van der Waals surface area contributed by atoms with Gasteiger partial charge in [-0.1, -0.05) is 32.9 Å². The van der Waals surface area contributed by atoms with Gasteiger partial charge >= 0.3 is 0 Å². The average Bonchev–Trinajstić information content (AvgIpc) is 2.13. The summed E-state index contributed by atoms with van der Waals surface area (Å²) in [6, 6.07) is 6.78. The quantitative estimate of drug-likeness (QED) is 0.830. The summed E-state index contributed by atoms with van der Waals surface area (Å²) in [7, 11) is 0. The van der Waals surface area contributed by atoms with Crippen molar-refractivity contribution in [1.82, 2.24) is 0 Å². The summed E-state index contributed by atoms with van der Waals surface area (Å²) in [5.74, 6) is -0.164. The van der Waals surface area contributed by atoms with E-state index >= 15 is 0 Å². The molecule has 0 unspecified atom stereocenters. The molecule has 0 bridgehead atoms. The second-order valence-electron chi connectivity index (χ2n) is 6.76. The lowest BCUT2D eigenvalue weighted by Crippen LogP contribution is -2.94. The molecule has 0 aliphatic rings. The van der Waals surface area contributed by atoms with Gasteiger partial charge in [0.15, 0.2) is 0 Å². The highest BCUT2D eigenvalue weighted by atomic mass is 19.1. The topological polar surface area (TPSA) is 16.6 Å². The Bertz CT molecular complexity index is 346. The maximum atomic E-state index is 12.8. The van der Waals surface area contributed by atoms with Gasteiger partial charge < -0.3 is 5.32 Å². The van der Waals surface area contributed by atoms with Crippen molar-refractivity contribution < 1.29 is 9.71 Å². The summed E-state index contributed by atoms with van der Waals surface area (Å²) < 4.78 is 12.8. The lowest BCUT2D eigenvalue weighted by molar-refractivity contribution is -0.737. The van der Waals surface area contributed by atoms with Crippen LogP contribution in [0.5, 0.6) is 0 Å². The molecule has 1 rings (SSSR count). The van der Waals surface area contributed by atoms with Gasteiger partial charge in [0.1, 0.15) is 12.4 Å². The zero-order chi connectivity index (χ0) is 13.1. The van der Waals surface area contributed by atoms with E-state index in [1.807, 2.05) is 12.1 Å². The van der Waals surface area contributed by atoms with E-state index in [4.69, 9.17) is 0 Å². The van der Waals surface area contributed by atoms with Crippen LogP contribution in [-0.2, 0) is 6.54 Å². The molecule has 0 saturated carbocycles. The summed E-state index contributed by atoms with van der Waals surface area (Å²) in [6.07, 6.45) is 1.15. The van der Waals surface area contributed by atoms with E-state index in [2.05, 4.69) is 39.9 Å². The molecule has 0 radical (unpaired) electrons. The Morgan fingerprint density at radius 2 is 1.53 bits per heavy atom. The van der Waals surface area contributed by atoms with Crippen molar-refractivity contribution in [2.45, 2.75) is 53.1 Å². The smallest absolute Gasteiger partial charge is 0.123 e. The minimum absolute atomic E-state index is 0.164. The summed E-state index contributed by atoms with van der Waals surface area (Å²) in [4.78, 5) is 0. The monoisotopic (exact) mass is 238 g/mol. The molecule has 96 valence electrons. The van der Waals surface area contributed by atoms with Crippen LogP contribution in [0.1, 0.15) is 46.6 Å². The average molecular weight is 238 g/mol. The number of halogens is 1. The lowest BCUT2D eigenvalue weighted by Gasteiger charge is -2.30. The van der Waals surface area contributed by atoms with Crippen molar-refractivity contribution in [3.8, 4) is 0 Å². The van der Waals surface area contributed by atoms with Gasteiger partial charge in [-0.05, 0) is 31.4 Å². The van der Waals surface area contributed by atoms with Crippen molar-refractivity contribution >= 4 is 0 Å². The highest BCUT2D eigenvalue weighted by Gasteiger charge is 2.27. The Kier molecular flexibility index (Phi) is 4.31. The molecule has 1 nitrogen and oxygen atoms in total. The highest BCUT2D eigenvalue weighted by molar-refractivity contribution is 5.14. The predicted molar refractivity (Wildman–Crippen MR) is 70.2 cm³/mol. The SMILES string of the molecule is CC(C)(C)CC(C)(C)[NH2+]Cc1ccc(F)cc1. The summed E-state index contributed by atoms with van der Waals surface area (Å²) in [6.45, 7) is 12.2. The highest BCUT2D eigenvalue weighted by Crippen LogP contribution is 2.24. The molecule has 0 saturated heterocycles. The Balaban J connectivity index is 2.52. The summed E-state index contributed by atoms with van der Waals surface area (Å²) in [5, 5.41) is 2.34. The molecule has 17 heavy (non-hydrogen) atoms. The van der Waals surface area contributed by atoms with Gasteiger partial charge in [0.05, 0.1) is 5.54 Å². The molecule has 0 aliphatic carbocycles. The van der Waals surface area contributed by atoms with Gasteiger partial charge in [0, 0.05) is 12.0 Å². The molecule has 1 aromatic rings. The first-order valence-electron chi connectivity index (χ1n) is 6.27. The molecular formula is C15H25FN+. The van der Waals surface area contributed by atoms with Crippen LogP contribution in [0.25, 0.3) is 0 Å². The number of hydrogen-bond acceptors (Lipinski definition) is 0. The molecule has 2 heteroatoms. The van der Waals surface area contributed by atoms with Crippen LogP contribution in [0.2, 0.25) is 0 Å². The van der Waals surface area contributed by atoms with Gasteiger partial charge in [-0.25, -0.2) is 4.39 Å². The van der Waals surface area contributed by atoms with E-state index in [1.54, 1.807) is 0 Å². The van der Waals surface area contributed by atoms with E-state index in [-0.39, 0.29) is 11.4 Å². The molecule has 2 N–H and O–H groups in total. The Hall–Kier alpha value is -0.890. The third-order valence-corrected chi connectivity index (χ3v) is 2.79. The van der Waals surface area contributed by atoms with Crippen LogP contribution in [0, 0.1) is 11.2 Å². The minimum Gasteiger partial charge on any atom is -0.338 e. The van der Waals surface area contributed by atoms with Crippen LogP contribution in [0.15, 0.2) is 24.3 Å². The second kappa shape index (κ2) is 5.18. The number of benzene rings is 1. The fourth-order valence-electron chi connectivity index (χ4n) is 2.45. The first-order valence-corrected chi connectivity index (χ1v) is 6.27. The van der Waals surface area contributed by atoms with Crippen LogP contribution in [-0.4, -0.2) is 5.54 Å². The van der Waals surface area contributed by atoms with E-state index in [0.717, 1.165) is 13.0 Å². The van der Waals surface area contributed by atoms with E-state index in [0.29, 0.717) is 5.41 Å². The van der Waals surface area contributed by atoms with E-state index in [1.165, 1.54) is 17.7 Å². The molecule has 0 spiro atoms. The Morgan fingerprint density at radius 1 is 1.00 bits per heavy atom. The number of rotatable bonds is 4. The molecule has 1 aromatic carbocycles. The van der Waals surface area contributed by atoms with Crippen molar-refractivity contribution in [2.24, 2.45) is 5.41 Å². The van der Waals surface area contributed by atoms with Gasteiger partial charge in [-0.15, -0.1) is 0 Å². The predicted octanol–water partition coefficient (Wildman–Crippen LogP) is 3.10. The molecule has 0 heterocycles. The first kappa shape index (κ1) is 14.2. The zero-order valence-electron chi connectivity index (χ0n) is 11.7. The molecule has 0 atom stereocenters. The fraction of sp³-hybridized carbons (Fsp3) is 0.600. The molecule has 0 aliphatic heterocycles. The summed E-state index contributed by atoms with van der Waals surface area (Å²) >= 11 is 0. The first-order chi connectivity index (χ1) is 7.68. The van der Waals surface area contributed by atoms with Crippen molar-refractivity contribution in [1.29, 1.82) is 0 Å². The molecule has 0 fully saturated rings. The zero-order valence-corrected chi connectivity index (χ0v) is 11.7. The summed E-state index contributed by atoms with van der Waals surface area (Å²) in [5.41, 5.74) is 1.73. The standard InChI is InChI=1S/C15H24FN/c1-14(2,3)11-15(4,5)17-10-12-6-8-13(16)9-7-12/h6-9,17H,10-11H2,1-5H3/p+1. The van der Waals surface area contributed by atoms with Gasteiger partial charge in [0.2, 0.25) is 0 Å². The number of nitrogens with two attached hydrogens (primary N) is 1. The van der Waals surface area contributed by atoms with Gasteiger partial charge in [-0.3, -0.25) is 0 Å². The molecular weight excluding hydrogens is 213 g/mol. The van der Waals surface area contributed by atoms with E-state index < -0.39 is 0 Å². The maximum Gasteiger partial charge on any atom is 0.123 e. The van der Waals surface area contributed by atoms with Crippen molar-refractivity contribution in [3.05, 3.63) is 35.6 Å². The van der Waals surface area contributed by atoms with E-state index in [9.17, 15) is 4.39 Å². The number of hydrogen-bond donors (Lipinski definition) is 1. The van der Waals surface area contributed by atoms with Crippen LogP contribution >= 0.6 is 0 Å². The van der Waals surface area contributed by atoms with Gasteiger partial charge in [-0.2, -0.15) is 0 Å². The van der Waals surface area contributed by atoms with Crippen molar-refractivity contribution in [2.75, 3.05) is 0 Å². The van der Waals surface area contributed by atoms with Crippen LogP contribution in [0.4, 0.5) is 4.39 Å². The van der Waals surface area contributed by atoms with Crippen LogP contribution < -0.4 is 5.32 Å². The lowest BCUT2D eigenvalue weighted by atomic mass is 9.82. The second-order valence-corrected chi connectivity index (χ2v) is 6.76. The molecule has 0 aromatic heterocycles. The third-order valence-electron chi connectivity index (χ3n) is 2.79. The maximum absolute atomic E-state index is 12.8. The molecule has 0 amide bonds. The third kappa shape index (κ3) is 5.83. The number of quaternary nitrogens is 1.